The van der Waals surface area contributed by atoms with Crippen LogP contribution in [-0.4, -0.2) is 33.7 Å². The van der Waals surface area contributed by atoms with Crippen molar-refractivity contribution in [2.24, 2.45) is 5.10 Å². The molecule has 1 aliphatic rings. The van der Waals surface area contributed by atoms with Gasteiger partial charge in [0.05, 0.1) is 18.2 Å². The van der Waals surface area contributed by atoms with Crippen LogP contribution in [0, 0.1) is 0 Å². The molecule has 0 radical (unpaired) electrons. The lowest BCUT2D eigenvalue weighted by molar-refractivity contribution is -0.122. The molecule has 3 rings (SSSR count). The number of para-hydroxylation sites is 1. The number of hydrogen-bond donors (Lipinski definition) is 1. The minimum Gasteiger partial charge on any atom is -0.507 e. The molecule has 25 heavy (non-hydrogen) atoms. The third-order valence-electron chi connectivity index (χ3n) is 3.43. The minimum absolute atomic E-state index is 0.106. The molecule has 2 aromatic rings. The number of phenolic OH excluding ortho intramolecular Hbond substituents is 1. The van der Waals surface area contributed by atoms with E-state index >= 15 is 0 Å². The zero-order valence-electron chi connectivity index (χ0n) is 13.2. The molecule has 7 heteroatoms. The molecule has 1 heterocycles. The number of carbonyl (C=O) groups excluding carboxylic acids is 1. The maximum Gasteiger partial charge on any atom is 0.286 e. The number of phenols is 1. The van der Waals surface area contributed by atoms with Gasteiger partial charge in [-0.15, -0.1) is 0 Å². The van der Waals surface area contributed by atoms with Gasteiger partial charge in [0, 0.05) is 5.56 Å². The predicted octanol–water partition coefficient (Wildman–Crippen LogP) is 3.64. The van der Waals surface area contributed by atoms with Crippen LogP contribution in [0.1, 0.15) is 11.1 Å². The predicted molar refractivity (Wildman–Crippen MR) is 104 cm³/mol. The molecule has 0 unspecified atom stereocenters. The van der Waals surface area contributed by atoms with E-state index < -0.39 is 0 Å². The number of ether oxygens (including phenoxy) is 1. The second-order valence-electron chi connectivity index (χ2n) is 5.07. The molecule has 0 aromatic heterocycles. The van der Waals surface area contributed by atoms with Gasteiger partial charge >= 0.3 is 0 Å². The van der Waals surface area contributed by atoms with Gasteiger partial charge in [0.1, 0.15) is 11.5 Å². The smallest absolute Gasteiger partial charge is 0.286 e. The van der Waals surface area contributed by atoms with Crippen molar-refractivity contribution in [3.05, 3.63) is 64.6 Å². The van der Waals surface area contributed by atoms with E-state index in [1.165, 1.54) is 5.01 Å². The van der Waals surface area contributed by atoms with Crippen molar-refractivity contribution in [1.29, 1.82) is 0 Å². The van der Waals surface area contributed by atoms with E-state index in [-0.39, 0.29) is 11.7 Å². The van der Waals surface area contributed by atoms with Gasteiger partial charge in [-0.1, -0.05) is 30.0 Å². The molecule has 5 nitrogen and oxygen atoms in total. The highest BCUT2D eigenvalue weighted by Crippen LogP contribution is 2.34. The summed E-state index contributed by atoms with van der Waals surface area (Å²) in [4.78, 5) is 12.9. The summed E-state index contributed by atoms with van der Waals surface area (Å²) >= 11 is 6.38. The van der Waals surface area contributed by atoms with Gasteiger partial charge < -0.3 is 9.84 Å². The zero-order chi connectivity index (χ0) is 17.8. The third kappa shape index (κ3) is 3.89. The van der Waals surface area contributed by atoms with Crippen molar-refractivity contribution in [3.8, 4) is 11.5 Å². The Morgan fingerprint density at radius 1 is 1.20 bits per heavy atom. The second-order valence-corrected chi connectivity index (χ2v) is 6.75. The SMILES string of the molecule is COc1ccc(C=NN2C(=O)C(=Cc3ccccc3O)SC2=S)cc1. The summed E-state index contributed by atoms with van der Waals surface area (Å²) < 4.78 is 5.44. The molecular weight excluding hydrogens is 356 g/mol. The highest BCUT2D eigenvalue weighted by Gasteiger charge is 2.32. The number of amides is 1. The molecule has 1 saturated heterocycles. The minimum atomic E-state index is -0.317. The molecule has 0 saturated carbocycles. The van der Waals surface area contributed by atoms with Crippen LogP contribution in [0.15, 0.2) is 58.5 Å². The molecular formula is C18H14N2O3S2. The fraction of sp³-hybridized carbons (Fsp3) is 0.0556. The Labute approximate surface area is 154 Å². The van der Waals surface area contributed by atoms with Crippen molar-refractivity contribution >= 4 is 46.5 Å². The Kier molecular flexibility index (Phi) is 5.16. The number of carbonyl (C=O) groups is 1. The van der Waals surface area contributed by atoms with Gasteiger partial charge in [-0.2, -0.15) is 10.1 Å². The number of thioether (sulfide) groups is 1. The summed E-state index contributed by atoms with van der Waals surface area (Å²) in [5, 5.41) is 15.2. The highest BCUT2D eigenvalue weighted by molar-refractivity contribution is 8.26. The van der Waals surface area contributed by atoms with Crippen molar-refractivity contribution < 1.29 is 14.6 Å². The quantitative estimate of drug-likeness (QED) is 0.506. The number of aromatic hydroxyl groups is 1. The van der Waals surface area contributed by atoms with E-state index in [0.29, 0.717) is 14.8 Å². The maximum atomic E-state index is 12.5. The van der Waals surface area contributed by atoms with Crippen LogP contribution >= 0.6 is 24.0 Å². The van der Waals surface area contributed by atoms with Gasteiger partial charge in [0.15, 0.2) is 4.32 Å². The van der Waals surface area contributed by atoms with E-state index in [1.807, 2.05) is 24.3 Å². The van der Waals surface area contributed by atoms with E-state index in [9.17, 15) is 9.90 Å². The highest BCUT2D eigenvalue weighted by atomic mass is 32.2. The van der Waals surface area contributed by atoms with Crippen molar-refractivity contribution in [2.45, 2.75) is 0 Å². The first-order valence-corrected chi connectivity index (χ1v) is 8.55. The van der Waals surface area contributed by atoms with Crippen LogP contribution < -0.4 is 4.74 Å². The summed E-state index contributed by atoms with van der Waals surface area (Å²) in [6, 6.07) is 14.1. The molecule has 0 atom stereocenters. The number of rotatable bonds is 4. The number of hydrogen-bond acceptors (Lipinski definition) is 6. The normalized spacial score (nSPS) is 16.2. The van der Waals surface area contributed by atoms with Crippen molar-refractivity contribution in [2.75, 3.05) is 7.11 Å². The molecule has 1 fully saturated rings. The standard InChI is InChI=1S/C18H14N2O3S2/c1-23-14-8-6-12(7-9-14)11-19-20-17(22)16(25-18(20)24)10-13-4-2-3-5-15(13)21/h2-11,21H,1H3. The lowest BCUT2D eigenvalue weighted by Gasteiger charge is -2.06. The molecule has 0 aliphatic carbocycles. The topological polar surface area (TPSA) is 62.1 Å². The van der Waals surface area contributed by atoms with Gasteiger partial charge in [-0.05, 0) is 54.2 Å². The summed E-state index contributed by atoms with van der Waals surface area (Å²) in [5.74, 6) is 0.533. The fourth-order valence-electron chi connectivity index (χ4n) is 2.12. The first-order chi connectivity index (χ1) is 12.1. The molecule has 2 aromatic carbocycles. The molecule has 0 bridgehead atoms. The summed E-state index contributed by atoms with van der Waals surface area (Å²) in [5.41, 5.74) is 1.38. The Morgan fingerprint density at radius 3 is 2.60 bits per heavy atom. The fourth-order valence-corrected chi connectivity index (χ4v) is 3.29. The average Bonchev–Trinajstić information content (AvgIpc) is 2.89. The molecule has 126 valence electrons. The average molecular weight is 370 g/mol. The largest absolute Gasteiger partial charge is 0.507 e. The van der Waals surface area contributed by atoms with E-state index in [2.05, 4.69) is 5.10 Å². The summed E-state index contributed by atoms with van der Waals surface area (Å²) in [6.45, 7) is 0. The van der Waals surface area contributed by atoms with Gasteiger partial charge in [0.25, 0.3) is 5.91 Å². The van der Waals surface area contributed by atoms with Crippen molar-refractivity contribution in [3.63, 3.8) is 0 Å². The molecule has 1 amide bonds. The van der Waals surface area contributed by atoms with Crippen LogP contribution in [0.4, 0.5) is 0 Å². The summed E-state index contributed by atoms with van der Waals surface area (Å²) in [7, 11) is 1.60. The van der Waals surface area contributed by atoms with E-state index in [0.717, 1.165) is 23.1 Å². The van der Waals surface area contributed by atoms with E-state index in [1.54, 1.807) is 43.7 Å². The number of benzene rings is 2. The van der Waals surface area contributed by atoms with Gasteiger partial charge in [0.2, 0.25) is 0 Å². The second kappa shape index (κ2) is 7.50. The number of methoxy groups -OCH3 is 1. The molecule has 1 aliphatic heterocycles. The lowest BCUT2D eigenvalue weighted by Crippen LogP contribution is -2.22. The first-order valence-electron chi connectivity index (χ1n) is 7.32. The van der Waals surface area contributed by atoms with E-state index in [4.69, 9.17) is 17.0 Å². The summed E-state index contributed by atoms with van der Waals surface area (Å²) in [6.07, 6.45) is 3.17. The maximum absolute atomic E-state index is 12.5. The van der Waals surface area contributed by atoms with Crippen LogP contribution in [0.2, 0.25) is 0 Å². The number of thiocarbonyl (C=S) groups is 1. The van der Waals surface area contributed by atoms with Crippen LogP contribution in [0.3, 0.4) is 0 Å². The van der Waals surface area contributed by atoms with Gasteiger partial charge in [-0.3, -0.25) is 4.79 Å². The van der Waals surface area contributed by atoms with Crippen LogP contribution in [-0.2, 0) is 4.79 Å². The Balaban J connectivity index is 1.79. The third-order valence-corrected chi connectivity index (χ3v) is 4.72. The van der Waals surface area contributed by atoms with Crippen LogP contribution in [0.5, 0.6) is 11.5 Å². The lowest BCUT2D eigenvalue weighted by atomic mass is 10.2. The Morgan fingerprint density at radius 2 is 1.92 bits per heavy atom. The molecule has 0 spiro atoms. The Bertz CT molecular complexity index is 876. The first kappa shape index (κ1) is 17.2. The zero-order valence-corrected chi connectivity index (χ0v) is 14.9. The molecule has 1 N–H and O–H groups in total. The van der Waals surface area contributed by atoms with Crippen LogP contribution in [0.25, 0.3) is 6.08 Å². The van der Waals surface area contributed by atoms with Gasteiger partial charge in [-0.25, -0.2) is 0 Å². The number of hydrazone groups is 1. The Hall–Kier alpha value is -2.64. The van der Waals surface area contributed by atoms with Crippen molar-refractivity contribution in [1.82, 2.24) is 5.01 Å². The number of nitrogens with zero attached hydrogens (tertiary/aromatic N) is 2. The monoisotopic (exact) mass is 370 g/mol.